The number of carboxylic acids is 1. The number of aryl methyl sites for hydroxylation is 1. The summed E-state index contributed by atoms with van der Waals surface area (Å²) < 4.78 is 5.35. The first-order chi connectivity index (χ1) is 18.4. The minimum atomic E-state index is -1.05. The lowest BCUT2D eigenvalue weighted by atomic mass is 9.78. The highest BCUT2D eigenvalue weighted by atomic mass is 16.5. The molecule has 38 heavy (non-hydrogen) atoms. The van der Waals surface area contributed by atoms with E-state index in [1.54, 1.807) is 12.0 Å². The normalized spacial score (nSPS) is 18.7. The Morgan fingerprint density at radius 2 is 1.71 bits per heavy atom. The van der Waals surface area contributed by atoms with E-state index in [1.165, 1.54) is 0 Å². The van der Waals surface area contributed by atoms with Crippen LogP contribution in [0.4, 0.5) is 11.4 Å². The molecule has 7 nitrogen and oxygen atoms in total. The number of amides is 1. The molecule has 0 saturated heterocycles. The molecule has 0 fully saturated rings. The Kier molecular flexibility index (Phi) is 7.01. The van der Waals surface area contributed by atoms with Gasteiger partial charge < -0.3 is 15.2 Å². The average molecular weight is 511 g/mol. The Morgan fingerprint density at radius 3 is 2.39 bits per heavy atom. The molecule has 5 rings (SSSR count). The van der Waals surface area contributed by atoms with Crippen molar-refractivity contribution in [2.24, 2.45) is 0 Å². The van der Waals surface area contributed by atoms with Crippen LogP contribution in [0.3, 0.4) is 0 Å². The van der Waals surface area contributed by atoms with Crippen LogP contribution in [0.1, 0.15) is 54.3 Å². The number of aliphatic carboxylic acids is 1. The van der Waals surface area contributed by atoms with Crippen LogP contribution < -0.4 is 15.0 Å². The number of hydrogen-bond donors (Lipinski definition) is 2. The molecule has 0 aromatic heterocycles. The number of methoxy groups -OCH3 is 1. The predicted molar refractivity (Wildman–Crippen MR) is 145 cm³/mol. The van der Waals surface area contributed by atoms with Gasteiger partial charge >= 0.3 is 5.97 Å². The maximum atomic E-state index is 14.0. The van der Waals surface area contributed by atoms with Crippen molar-refractivity contribution >= 4 is 29.0 Å². The van der Waals surface area contributed by atoms with Gasteiger partial charge in [-0.3, -0.25) is 19.3 Å². The number of carbonyl (C=O) groups excluding carboxylic acids is 2. The van der Waals surface area contributed by atoms with Crippen molar-refractivity contribution < 1.29 is 24.2 Å². The zero-order valence-electron chi connectivity index (χ0n) is 21.4. The standard InChI is InChI=1S/C31H30N2O5/c1-19-8-13-24-26(16-19)33(28(35)14-15-29(36)37)31(21-9-11-23(38-2)12-10-21)30-25(32-24)17-22(18-27(30)34)20-6-4-3-5-7-20/h3-13,16,22,31-32H,14-15,17-18H2,1-2H3,(H,36,37). The fourth-order valence-electron chi connectivity index (χ4n) is 5.42. The molecule has 2 aliphatic rings. The molecule has 0 radical (unpaired) electrons. The summed E-state index contributed by atoms with van der Waals surface area (Å²) in [5.41, 5.74) is 5.46. The molecule has 7 heteroatoms. The smallest absolute Gasteiger partial charge is 0.303 e. The summed E-state index contributed by atoms with van der Waals surface area (Å²) in [7, 11) is 1.58. The molecular weight excluding hydrogens is 480 g/mol. The first-order valence-corrected chi connectivity index (χ1v) is 12.7. The van der Waals surface area contributed by atoms with Crippen molar-refractivity contribution in [2.45, 2.75) is 44.6 Å². The minimum absolute atomic E-state index is 0.00891. The Balaban J connectivity index is 1.70. The van der Waals surface area contributed by atoms with Gasteiger partial charge in [-0.05, 0) is 60.2 Å². The second-order valence-electron chi connectivity index (χ2n) is 9.81. The topological polar surface area (TPSA) is 95.9 Å². The number of hydrogen-bond acceptors (Lipinski definition) is 5. The monoisotopic (exact) mass is 510 g/mol. The van der Waals surface area contributed by atoms with Crippen molar-refractivity contribution in [2.75, 3.05) is 17.3 Å². The summed E-state index contributed by atoms with van der Waals surface area (Å²) in [5, 5.41) is 12.8. The second kappa shape index (κ2) is 10.5. The van der Waals surface area contributed by atoms with E-state index < -0.39 is 12.0 Å². The third-order valence-electron chi connectivity index (χ3n) is 7.26. The summed E-state index contributed by atoms with van der Waals surface area (Å²) in [6.07, 6.45) is 0.458. The van der Waals surface area contributed by atoms with E-state index in [1.807, 2.05) is 79.7 Å². The Bertz CT molecular complexity index is 1410. The number of nitrogens with zero attached hydrogens (tertiary/aromatic N) is 1. The van der Waals surface area contributed by atoms with Crippen LogP contribution in [0.15, 0.2) is 84.1 Å². The van der Waals surface area contributed by atoms with E-state index in [4.69, 9.17) is 4.74 Å². The Morgan fingerprint density at radius 1 is 0.974 bits per heavy atom. The molecule has 2 atom stereocenters. The van der Waals surface area contributed by atoms with Crippen LogP contribution in [0.25, 0.3) is 0 Å². The van der Waals surface area contributed by atoms with Gasteiger partial charge in [-0.15, -0.1) is 0 Å². The van der Waals surface area contributed by atoms with Crippen molar-refractivity contribution in [3.05, 3.63) is 101 Å². The zero-order valence-corrected chi connectivity index (χ0v) is 21.4. The molecule has 194 valence electrons. The van der Waals surface area contributed by atoms with Crippen molar-refractivity contribution in [1.29, 1.82) is 0 Å². The van der Waals surface area contributed by atoms with Crippen molar-refractivity contribution in [3.63, 3.8) is 0 Å². The molecule has 0 bridgehead atoms. The van der Waals surface area contributed by atoms with Gasteiger partial charge in [-0.1, -0.05) is 48.5 Å². The number of anilines is 2. The SMILES string of the molecule is COc1ccc(C2C3=C(CC(c4ccccc4)CC3=O)Nc3ccc(C)cc3N2C(=O)CCC(=O)O)cc1. The minimum Gasteiger partial charge on any atom is -0.497 e. The van der Waals surface area contributed by atoms with Crippen molar-refractivity contribution in [1.82, 2.24) is 0 Å². The van der Waals surface area contributed by atoms with Gasteiger partial charge in [0, 0.05) is 24.1 Å². The molecule has 2 N–H and O–H groups in total. The average Bonchev–Trinajstić information content (AvgIpc) is 3.06. The Hall–Kier alpha value is -4.39. The van der Waals surface area contributed by atoms with Gasteiger partial charge in [0.1, 0.15) is 5.75 Å². The van der Waals surface area contributed by atoms with Crippen molar-refractivity contribution in [3.8, 4) is 5.75 Å². The van der Waals surface area contributed by atoms with Gasteiger partial charge in [-0.25, -0.2) is 0 Å². The summed E-state index contributed by atoms with van der Waals surface area (Å²) in [4.78, 5) is 40.7. The molecule has 2 unspecified atom stereocenters. The van der Waals surface area contributed by atoms with Gasteiger partial charge in [0.2, 0.25) is 5.91 Å². The summed E-state index contributed by atoms with van der Waals surface area (Å²) in [5.74, 6) is -0.762. The molecule has 1 aliphatic carbocycles. The molecule has 0 saturated carbocycles. The molecule has 1 aliphatic heterocycles. The number of ketones is 1. The third kappa shape index (κ3) is 4.92. The lowest BCUT2D eigenvalue weighted by Gasteiger charge is -2.35. The van der Waals surface area contributed by atoms with Crippen LogP contribution in [0.2, 0.25) is 0 Å². The first kappa shape index (κ1) is 25.3. The maximum Gasteiger partial charge on any atom is 0.303 e. The number of allylic oxidation sites excluding steroid dienone is 1. The fraction of sp³-hybridized carbons (Fsp3) is 0.258. The number of carboxylic acid groups (broad SMARTS) is 1. The van der Waals surface area contributed by atoms with E-state index in [2.05, 4.69) is 5.32 Å². The lowest BCUT2D eigenvalue weighted by molar-refractivity contribution is -0.138. The quantitative estimate of drug-likeness (QED) is 0.437. The number of fused-ring (bicyclic) bond motifs is 1. The van der Waals surface area contributed by atoms with E-state index in [0.29, 0.717) is 35.5 Å². The van der Waals surface area contributed by atoms with Gasteiger partial charge in [-0.2, -0.15) is 0 Å². The Labute approximate surface area is 221 Å². The van der Waals surface area contributed by atoms with Crippen LogP contribution in [0.5, 0.6) is 5.75 Å². The molecule has 3 aromatic rings. The van der Waals surface area contributed by atoms with Gasteiger partial charge in [0.25, 0.3) is 0 Å². The lowest BCUT2D eigenvalue weighted by Crippen LogP contribution is -2.38. The highest BCUT2D eigenvalue weighted by Gasteiger charge is 2.41. The van der Waals surface area contributed by atoms with Gasteiger partial charge in [0.15, 0.2) is 5.78 Å². The number of benzene rings is 3. The van der Waals surface area contributed by atoms with E-state index in [9.17, 15) is 19.5 Å². The largest absolute Gasteiger partial charge is 0.497 e. The molecule has 0 spiro atoms. The number of nitrogens with one attached hydrogen (secondary N) is 1. The molecule has 1 amide bonds. The first-order valence-electron chi connectivity index (χ1n) is 12.7. The molecule has 3 aromatic carbocycles. The van der Waals surface area contributed by atoms with Crippen LogP contribution in [-0.2, 0) is 14.4 Å². The maximum absolute atomic E-state index is 14.0. The number of rotatable bonds is 6. The highest BCUT2D eigenvalue weighted by molar-refractivity contribution is 6.06. The molecule has 1 heterocycles. The third-order valence-corrected chi connectivity index (χ3v) is 7.26. The second-order valence-corrected chi connectivity index (χ2v) is 9.81. The highest BCUT2D eigenvalue weighted by Crippen LogP contribution is 2.48. The number of Topliss-reactive ketones (excluding diaryl/α,β-unsaturated/α-hetero) is 1. The van der Waals surface area contributed by atoms with Crippen LogP contribution >= 0.6 is 0 Å². The van der Waals surface area contributed by atoms with Gasteiger partial charge in [0.05, 0.1) is 30.9 Å². The number of ether oxygens (including phenoxy) is 1. The van der Waals surface area contributed by atoms with Crippen LogP contribution in [-0.4, -0.2) is 29.9 Å². The molecular formula is C31H30N2O5. The van der Waals surface area contributed by atoms with E-state index in [0.717, 1.165) is 22.4 Å². The number of carbonyl (C=O) groups is 3. The summed E-state index contributed by atoms with van der Waals surface area (Å²) in [6, 6.07) is 22.4. The summed E-state index contributed by atoms with van der Waals surface area (Å²) in [6.45, 7) is 1.94. The van der Waals surface area contributed by atoms with Crippen LogP contribution in [0, 0.1) is 6.92 Å². The van der Waals surface area contributed by atoms with E-state index >= 15 is 0 Å². The van der Waals surface area contributed by atoms with E-state index in [-0.39, 0.29) is 30.4 Å². The fourth-order valence-corrected chi connectivity index (χ4v) is 5.42. The predicted octanol–water partition coefficient (Wildman–Crippen LogP) is 5.77. The summed E-state index contributed by atoms with van der Waals surface area (Å²) >= 11 is 0. The zero-order chi connectivity index (χ0) is 26.8.